The minimum atomic E-state index is -1.37. The fraction of sp³-hybridized carbons (Fsp3) is 0.500. The Hall–Kier alpha value is -1.58. The zero-order valence-electron chi connectivity index (χ0n) is 9.78. The fourth-order valence-electron chi connectivity index (χ4n) is 1.57. The normalized spacial score (nSPS) is 27.1. The number of ether oxygens (including phenoxy) is 2. The average Bonchev–Trinajstić information content (AvgIpc) is 2.21. The Bertz CT molecular complexity index is 354. The first-order chi connectivity index (χ1) is 7.38. The topological polar surface area (TPSA) is 52.6 Å². The number of hydrogen-bond donors (Lipinski definition) is 0. The van der Waals surface area contributed by atoms with Crippen molar-refractivity contribution in [3.63, 3.8) is 0 Å². The molecule has 88 valence electrons. The van der Waals surface area contributed by atoms with E-state index in [1.54, 1.807) is 26.0 Å². The molecular formula is C12H16O4. The van der Waals surface area contributed by atoms with Crippen LogP contribution >= 0.6 is 0 Å². The van der Waals surface area contributed by atoms with Gasteiger partial charge in [0.15, 0.2) is 5.41 Å². The Morgan fingerprint density at radius 1 is 1.56 bits per heavy atom. The standard InChI is InChI=1S/C12H16O4/c1-5-6-12(9(13)15-4)8-7-11(2,3)16-10(12)14/h5,7-8H,1,6H2,2-4H3. The van der Waals surface area contributed by atoms with Crippen molar-refractivity contribution in [2.24, 2.45) is 5.41 Å². The first-order valence-corrected chi connectivity index (χ1v) is 5.01. The van der Waals surface area contributed by atoms with E-state index in [9.17, 15) is 9.59 Å². The molecule has 0 saturated carbocycles. The van der Waals surface area contributed by atoms with E-state index in [1.807, 2.05) is 0 Å². The van der Waals surface area contributed by atoms with E-state index in [1.165, 1.54) is 13.2 Å². The molecule has 0 aliphatic carbocycles. The Kier molecular flexibility index (Phi) is 3.21. The second-order valence-corrected chi connectivity index (χ2v) is 4.28. The van der Waals surface area contributed by atoms with Crippen LogP contribution in [-0.2, 0) is 19.1 Å². The van der Waals surface area contributed by atoms with Crippen LogP contribution in [0.1, 0.15) is 20.3 Å². The van der Waals surface area contributed by atoms with Crippen LogP contribution in [0.4, 0.5) is 0 Å². The van der Waals surface area contributed by atoms with Gasteiger partial charge >= 0.3 is 11.9 Å². The Balaban J connectivity index is 3.17. The van der Waals surface area contributed by atoms with Crippen LogP contribution in [-0.4, -0.2) is 24.6 Å². The van der Waals surface area contributed by atoms with Gasteiger partial charge in [-0.3, -0.25) is 9.59 Å². The molecular weight excluding hydrogens is 208 g/mol. The molecule has 0 spiro atoms. The van der Waals surface area contributed by atoms with E-state index in [4.69, 9.17) is 4.74 Å². The molecule has 1 unspecified atom stereocenters. The monoisotopic (exact) mass is 224 g/mol. The molecule has 0 N–H and O–H groups in total. The summed E-state index contributed by atoms with van der Waals surface area (Å²) in [6.07, 6.45) is 4.91. The second kappa shape index (κ2) is 4.12. The summed E-state index contributed by atoms with van der Waals surface area (Å²) in [5, 5.41) is 0. The zero-order valence-corrected chi connectivity index (χ0v) is 9.78. The number of hydrogen-bond acceptors (Lipinski definition) is 4. The summed E-state index contributed by atoms with van der Waals surface area (Å²) in [7, 11) is 1.24. The summed E-state index contributed by atoms with van der Waals surface area (Å²) in [5.74, 6) is -1.21. The van der Waals surface area contributed by atoms with Crippen molar-refractivity contribution >= 4 is 11.9 Å². The number of allylic oxidation sites excluding steroid dienone is 1. The van der Waals surface area contributed by atoms with Gasteiger partial charge in [-0.25, -0.2) is 0 Å². The summed E-state index contributed by atoms with van der Waals surface area (Å²) < 4.78 is 9.84. The number of esters is 2. The molecule has 1 rings (SSSR count). The van der Waals surface area contributed by atoms with Gasteiger partial charge in [0.25, 0.3) is 0 Å². The third-order valence-corrected chi connectivity index (χ3v) is 2.51. The lowest BCUT2D eigenvalue weighted by molar-refractivity contribution is -0.174. The molecule has 1 heterocycles. The highest BCUT2D eigenvalue weighted by Crippen LogP contribution is 2.35. The SMILES string of the molecule is C=CCC1(C(=O)OC)C=CC(C)(C)OC1=O. The van der Waals surface area contributed by atoms with Crippen molar-refractivity contribution < 1.29 is 19.1 Å². The van der Waals surface area contributed by atoms with Crippen LogP contribution in [0.15, 0.2) is 24.8 Å². The highest BCUT2D eigenvalue weighted by atomic mass is 16.6. The van der Waals surface area contributed by atoms with Crippen molar-refractivity contribution in [2.45, 2.75) is 25.9 Å². The quantitative estimate of drug-likeness (QED) is 0.415. The van der Waals surface area contributed by atoms with E-state index in [0.29, 0.717) is 0 Å². The maximum absolute atomic E-state index is 11.9. The van der Waals surface area contributed by atoms with Gasteiger partial charge in [0, 0.05) is 0 Å². The summed E-state index contributed by atoms with van der Waals surface area (Å²) in [6, 6.07) is 0. The Morgan fingerprint density at radius 2 is 2.19 bits per heavy atom. The maximum atomic E-state index is 11.9. The van der Waals surface area contributed by atoms with Gasteiger partial charge in [0.1, 0.15) is 5.60 Å². The van der Waals surface area contributed by atoms with Crippen LogP contribution in [0, 0.1) is 5.41 Å². The predicted molar refractivity (Wildman–Crippen MR) is 58.6 cm³/mol. The average molecular weight is 224 g/mol. The lowest BCUT2D eigenvalue weighted by atomic mass is 9.80. The summed E-state index contributed by atoms with van der Waals surface area (Å²) in [5.41, 5.74) is -2.05. The largest absolute Gasteiger partial charge is 0.468 e. The molecule has 4 nitrogen and oxygen atoms in total. The summed E-state index contributed by atoms with van der Waals surface area (Å²) >= 11 is 0. The molecule has 0 aromatic carbocycles. The fourth-order valence-corrected chi connectivity index (χ4v) is 1.57. The molecule has 16 heavy (non-hydrogen) atoms. The van der Waals surface area contributed by atoms with Crippen molar-refractivity contribution in [3.05, 3.63) is 24.8 Å². The molecule has 0 radical (unpaired) electrons. The first kappa shape index (κ1) is 12.5. The number of cyclic esters (lactones) is 1. The first-order valence-electron chi connectivity index (χ1n) is 5.01. The maximum Gasteiger partial charge on any atom is 0.328 e. The summed E-state index contributed by atoms with van der Waals surface area (Å²) in [4.78, 5) is 23.6. The molecule has 1 atom stereocenters. The number of carbonyl (C=O) groups excluding carboxylic acids is 2. The second-order valence-electron chi connectivity index (χ2n) is 4.28. The van der Waals surface area contributed by atoms with Crippen molar-refractivity contribution in [1.29, 1.82) is 0 Å². The van der Waals surface area contributed by atoms with Crippen LogP contribution in [0.5, 0.6) is 0 Å². The lowest BCUT2D eigenvalue weighted by Gasteiger charge is -2.34. The van der Waals surface area contributed by atoms with Crippen LogP contribution in [0.2, 0.25) is 0 Å². The van der Waals surface area contributed by atoms with Gasteiger partial charge in [0.05, 0.1) is 7.11 Å². The zero-order chi connectivity index (χ0) is 12.4. The van der Waals surface area contributed by atoms with E-state index in [-0.39, 0.29) is 6.42 Å². The van der Waals surface area contributed by atoms with E-state index in [2.05, 4.69) is 11.3 Å². The van der Waals surface area contributed by atoms with Gasteiger partial charge in [-0.05, 0) is 26.3 Å². The molecule has 0 saturated heterocycles. The number of carbonyl (C=O) groups is 2. The van der Waals surface area contributed by atoms with Gasteiger partial charge < -0.3 is 9.47 Å². The van der Waals surface area contributed by atoms with Crippen LogP contribution in [0.25, 0.3) is 0 Å². The van der Waals surface area contributed by atoms with Gasteiger partial charge in [0.2, 0.25) is 0 Å². The molecule has 1 aliphatic rings. The highest BCUT2D eigenvalue weighted by molar-refractivity contribution is 6.03. The Labute approximate surface area is 94.9 Å². The van der Waals surface area contributed by atoms with Crippen molar-refractivity contribution in [1.82, 2.24) is 0 Å². The van der Waals surface area contributed by atoms with Crippen molar-refractivity contribution in [3.8, 4) is 0 Å². The lowest BCUT2D eigenvalue weighted by Crippen LogP contribution is -2.46. The molecule has 4 heteroatoms. The Morgan fingerprint density at radius 3 is 2.62 bits per heavy atom. The van der Waals surface area contributed by atoms with Gasteiger partial charge in [-0.15, -0.1) is 6.58 Å². The minimum Gasteiger partial charge on any atom is -0.468 e. The molecule has 0 amide bonds. The van der Waals surface area contributed by atoms with Crippen molar-refractivity contribution in [2.75, 3.05) is 7.11 Å². The van der Waals surface area contributed by atoms with E-state index in [0.717, 1.165) is 0 Å². The number of methoxy groups -OCH3 is 1. The molecule has 0 fully saturated rings. The predicted octanol–water partition coefficient (Wildman–Crippen LogP) is 1.61. The van der Waals surface area contributed by atoms with E-state index < -0.39 is 23.0 Å². The molecule has 0 aromatic heterocycles. The molecule has 1 aliphatic heterocycles. The molecule has 0 bridgehead atoms. The third-order valence-electron chi connectivity index (χ3n) is 2.51. The molecule has 0 aromatic rings. The van der Waals surface area contributed by atoms with E-state index >= 15 is 0 Å². The smallest absolute Gasteiger partial charge is 0.328 e. The van der Waals surface area contributed by atoms with Crippen LogP contribution in [0.3, 0.4) is 0 Å². The highest BCUT2D eigenvalue weighted by Gasteiger charge is 2.49. The van der Waals surface area contributed by atoms with Gasteiger partial charge in [-0.2, -0.15) is 0 Å². The van der Waals surface area contributed by atoms with Gasteiger partial charge in [-0.1, -0.05) is 12.2 Å². The minimum absolute atomic E-state index is 0.172. The third kappa shape index (κ3) is 2.01. The van der Waals surface area contributed by atoms with Crippen LogP contribution < -0.4 is 0 Å². The number of rotatable bonds is 3. The summed E-state index contributed by atoms with van der Waals surface area (Å²) in [6.45, 7) is 7.03.